The fourth-order valence-corrected chi connectivity index (χ4v) is 2.47. The smallest absolute Gasteiger partial charge is 0.385 e. The molecule has 0 radical (unpaired) electrons. The van der Waals surface area contributed by atoms with E-state index in [1.54, 1.807) is 22.9 Å². The Morgan fingerprint density at radius 2 is 2.11 bits per heavy atom. The van der Waals surface area contributed by atoms with Crippen LogP contribution in [0.3, 0.4) is 0 Å². The number of hydrogen-bond donors (Lipinski definition) is 1. The molecule has 2 nitrogen and oxygen atoms in total. The van der Waals surface area contributed by atoms with E-state index in [0.29, 0.717) is 12.2 Å². The highest BCUT2D eigenvalue weighted by molar-refractivity contribution is 7.09. The molecule has 0 unspecified atom stereocenters. The van der Waals surface area contributed by atoms with E-state index in [0.717, 1.165) is 29.1 Å². The quantitative estimate of drug-likeness (QED) is 0.914. The normalized spacial score (nSPS) is 11.6. The van der Waals surface area contributed by atoms with Crippen molar-refractivity contribution < 1.29 is 13.2 Å². The van der Waals surface area contributed by atoms with E-state index in [9.17, 15) is 13.2 Å². The third-order valence-corrected chi connectivity index (χ3v) is 3.71. The third-order valence-electron chi connectivity index (χ3n) is 2.72. The van der Waals surface area contributed by atoms with Crippen LogP contribution in [0.1, 0.15) is 16.1 Å². The number of aryl methyl sites for hydroxylation is 1. The average molecular weight is 286 g/mol. The van der Waals surface area contributed by atoms with E-state index in [-0.39, 0.29) is 0 Å². The molecule has 1 aromatic carbocycles. The van der Waals surface area contributed by atoms with Crippen molar-refractivity contribution in [1.82, 2.24) is 4.98 Å². The summed E-state index contributed by atoms with van der Waals surface area (Å²) >= 11 is 1.56. The number of hydrogen-bond acceptors (Lipinski definition) is 3. The van der Waals surface area contributed by atoms with Gasteiger partial charge in [0.05, 0.1) is 16.8 Å². The Kier molecular flexibility index (Phi) is 4.09. The van der Waals surface area contributed by atoms with Gasteiger partial charge >= 0.3 is 6.18 Å². The lowest BCUT2D eigenvalue weighted by Crippen LogP contribution is -2.08. The van der Waals surface area contributed by atoms with Crippen LogP contribution >= 0.6 is 11.3 Å². The van der Waals surface area contributed by atoms with Gasteiger partial charge in [0.2, 0.25) is 0 Å². The summed E-state index contributed by atoms with van der Waals surface area (Å²) in [5.74, 6) is 0. The molecular weight excluding hydrogens is 273 g/mol. The van der Waals surface area contributed by atoms with Crippen LogP contribution in [0.15, 0.2) is 29.8 Å². The summed E-state index contributed by atoms with van der Waals surface area (Å²) in [4.78, 5) is 5.28. The molecule has 0 saturated carbocycles. The van der Waals surface area contributed by atoms with Crippen molar-refractivity contribution in [2.45, 2.75) is 19.5 Å². The molecule has 6 heteroatoms. The summed E-state index contributed by atoms with van der Waals surface area (Å²) in [6, 6.07) is 5.23. The molecule has 1 aromatic heterocycles. The molecule has 0 aliphatic rings. The molecule has 1 N–H and O–H groups in total. The minimum absolute atomic E-state index is 0.483. The van der Waals surface area contributed by atoms with E-state index in [1.165, 1.54) is 6.07 Å². The van der Waals surface area contributed by atoms with Crippen molar-refractivity contribution in [1.29, 1.82) is 0 Å². The van der Waals surface area contributed by atoms with Crippen LogP contribution < -0.4 is 5.32 Å². The highest BCUT2D eigenvalue weighted by Crippen LogP contribution is 2.30. The number of anilines is 1. The number of thiazole rings is 1. The van der Waals surface area contributed by atoms with Crippen molar-refractivity contribution >= 4 is 17.0 Å². The second-order valence-electron chi connectivity index (χ2n) is 4.12. The van der Waals surface area contributed by atoms with Gasteiger partial charge in [0, 0.05) is 23.5 Å². The van der Waals surface area contributed by atoms with Crippen LogP contribution in [0.4, 0.5) is 18.9 Å². The Morgan fingerprint density at radius 3 is 2.74 bits per heavy atom. The molecule has 102 valence electrons. The lowest BCUT2D eigenvalue weighted by atomic mass is 10.2. The summed E-state index contributed by atoms with van der Waals surface area (Å²) in [6.07, 6.45) is -3.54. The maximum atomic E-state index is 12.5. The van der Waals surface area contributed by atoms with E-state index in [4.69, 9.17) is 0 Å². The number of alkyl halides is 3. The highest BCUT2D eigenvalue weighted by atomic mass is 32.1. The van der Waals surface area contributed by atoms with Crippen molar-refractivity contribution in [2.75, 3.05) is 11.9 Å². The molecule has 0 fully saturated rings. The first-order valence-electron chi connectivity index (χ1n) is 5.77. The molecule has 0 saturated heterocycles. The zero-order valence-electron chi connectivity index (χ0n) is 10.3. The van der Waals surface area contributed by atoms with Crippen molar-refractivity contribution in [3.8, 4) is 0 Å². The Balaban J connectivity index is 1.95. The molecule has 0 aliphatic heterocycles. The van der Waals surface area contributed by atoms with Crippen molar-refractivity contribution in [3.05, 3.63) is 45.9 Å². The standard InChI is InChI=1S/C13H13F3N2S/c1-9-12(19-8-18-9)5-6-17-11-4-2-3-10(7-11)13(14,15)16/h2-4,7-8,17H,5-6H2,1H3. The third kappa shape index (κ3) is 3.70. The molecule has 1 heterocycles. The minimum atomic E-state index is -4.30. The number of nitrogens with zero attached hydrogens (tertiary/aromatic N) is 1. The molecule has 0 aliphatic carbocycles. The zero-order chi connectivity index (χ0) is 13.9. The summed E-state index contributed by atoms with van der Waals surface area (Å²) < 4.78 is 37.6. The second kappa shape index (κ2) is 5.61. The topological polar surface area (TPSA) is 24.9 Å². The van der Waals surface area contributed by atoms with Gasteiger partial charge in [0.25, 0.3) is 0 Å². The van der Waals surface area contributed by atoms with Gasteiger partial charge in [0.15, 0.2) is 0 Å². The van der Waals surface area contributed by atoms with Gasteiger partial charge in [-0.1, -0.05) is 6.07 Å². The van der Waals surface area contributed by atoms with E-state index < -0.39 is 11.7 Å². The molecule has 0 amide bonds. The summed E-state index contributed by atoms with van der Waals surface area (Å²) in [5.41, 5.74) is 2.61. The minimum Gasteiger partial charge on any atom is -0.385 e. The number of aromatic nitrogens is 1. The SMILES string of the molecule is Cc1ncsc1CCNc1cccc(C(F)(F)F)c1. The number of benzene rings is 1. The maximum absolute atomic E-state index is 12.5. The van der Waals surface area contributed by atoms with Gasteiger partial charge in [0.1, 0.15) is 0 Å². The molecule has 0 bridgehead atoms. The first-order chi connectivity index (χ1) is 8.97. The van der Waals surface area contributed by atoms with E-state index >= 15 is 0 Å². The zero-order valence-corrected chi connectivity index (χ0v) is 11.1. The lowest BCUT2D eigenvalue weighted by Gasteiger charge is -2.10. The summed E-state index contributed by atoms with van der Waals surface area (Å²) in [6.45, 7) is 2.51. The average Bonchev–Trinajstić information content (AvgIpc) is 2.75. The van der Waals surface area contributed by atoms with Gasteiger partial charge in [-0.05, 0) is 25.1 Å². The predicted molar refractivity (Wildman–Crippen MR) is 70.5 cm³/mol. The van der Waals surface area contributed by atoms with Gasteiger partial charge in [-0.25, -0.2) is 4.98 Å². The first kappa shape index (κ1) is 13.9. The molecule has 2 aromatic rings. The molecule has 19 heavy (non-hydrogen) atoms. The lowest BCUT2D eigenvalue weighted by molar-refractivity contribution is -0.137. The largest absolute Gasteiger partial charge is 0.416 e. The number of nitrogens with one attached hydrogen (secondary N) is 1. The van der Waals surface area contributed by atoms with Crippen LogP contribution in [0.2, 0.25) is 0 Å². The first-order valence-corrected chi connectivity index (χ1v) is 6.65. The van der Waals surface area contributed by atoms with Gasteiger partial charge < -0.3 is 5.32 Å². The van der Waals surface area contributed by atoms with E-state index in [2.05, 4.69) is 10.3 Å². The fourth-order valence-electron chi connectivity index (χ4n) is 1.69. The van der Waals surface area contributed by atoms with Crippen LogP contribution in [0, 0.1) is 6.92 Å². The van der Waals surface area contributed by atoms with Crippen molar-refractivity contribution in [2.24, 2.45) is 0 Å². The van der Waals surface area contributed by atoms with Gasteiger partial charge in [-0.2, -0.15) is 13.2 Å². The summed E-state index contributed by atoms with van der Waals surface area (Å²) in [5, 5.41) is 3.00. The second-order valence-corrected chi connectivity index (χ2v) is 5.06. The number of rotatable bonds is 4. The fraction of sp³-hybridized carbons (Fsp3) is 0.308. The van der Waals surface area contributed by atoms with Crippen LogP contribution in [-0.4, -0.2) is 11.5 Å². The van der Waals surface area contributed by atoms with Crippen LogP contribution in [0.5, 0.6) is 0 Å². The van der Waals surface area contributed by atoms with Crippen molar-refractivity contribution in [3.63, 3.8) is 0 Å². The number of halogens is 3. The predicted octanol–water partition coefficient (Wildman–Crippen LogP) is 4.12. The Morgan fingerprint density at radius 1 is 1.32 bits per heavy atom. The monoisotopic (exact) mass is 286 g/mol. The molecule has 0 spiro atoms. The molecular formula is C13H13F3N2S. The van der Waals surface area contributed by atoms with Crippen LogP contribution in [0.25, 0.3) is 0 Å². The highest BCUT2D eigenvalue weighted by Gasteiger charge is 2.30. The Hall–Kier alpha value is -1.56. The maximum Gasteiger partial charge on any atom is 0.416 e. The van der Waals surface area contributed by atoms with Crippen LogP contribution in [-0.2, 0) is 12.6 Å². The Labute approximate surface area is 113 Å². The Bertz CT molecular complexity index is 549. The van der Waals surface area contributed by atoms with Gasteiger partial charge in [-0.15, -0.1) is 11.3 Å². The van der Waals surface area contributed by atoms with Gasteiger partial charge in [-0.3, -0.25) is 0 Å². The summed E-state index contributed by atoms with van der Waals surface area (Å²) in [7, 11) is 0. The molecule has 2 rings (SSSR count). The molecule has 0 atom stereocenters. The van der Waals surface area contributed by atoms with E-state index in [1.807, 2.05) is 6.92 Å².